The Morgan fingerprint density at radius 3 is 2.72 bits per heavy atom. The molecule has 1 rings (SSSR count). The third-order valence-corrected chi connectivity index (χ3v) is 3.26. The number of allylic oxidation sites excluding steroid dienone is 3. The van der Waals surface area contributed by atoms with E-state index in [1.54, 1.807) is 6.20 Å². The molecule has 0 aromatic heterocycles. The van der Waals surface area contributed by atoms with E-state index in [1.165, 1.54) is 5.57 Å². The molecule has 2 heteroatoms. The smallest absolute Gasteiger partial charge is 0.0576 e. The first-order valence-corrected chi connectivity index (χ1v) is 6.42. The number of rotatable bonds is 7. The third-order valence-electron chi connectivity index (χ3n) is 3.26. The van der Waals surface area contributed by atoms with Crippen LogP contribution in [0.3, 0.4) is 0 Å². The van der Waals surface area contributed by atoms with Gasteiger partial charge in [-0.2, -0.15) is 0 Å². The molecule has 1 unspecified atom stereocenters. The molecule has 0 aliphatic carbocycles. The zero-order valence-electron chi connectivity index (χ0n) is 11.6. The molecule has 1 aliphatic heterocycles. The maximum absolute atomic E-state index is 3.98. The second kappa shape index (κ2) is 6.29. The van der Waals surface area contributed by atoms with E-state index < -0.39 is 0 Å². The highest BCUT2D eigenvalue weighted by atomic mass is 14.9. The average Bonchev–Trinajstić information content (AvgIpc) is 2.33. The molecule has 0 bridgehead atoms. The minimum absolute atomic E-state index is 0.125. The molecule has 1 atom stereocenters. The summed E-state index contributed by atoms with van der Waals surface area (Å²) in [5, 5.41) is 6.28. The third kappa shape index (κ3) is 3.66. The molecule has 98 valence electrons. The van der Waals surface area contributed by atoms with Crippen molar-refractivity contribution in [3.05, 3.63) is 61.3 Å². The lowest BCUT2D eigenvalue weighted by molar-refractivity contribution is 0.384. The molecule has 0 aromatic rings. The van der Waals surface area contributed by atoms with Gasteiger partial charge in [-0.3, -0.25) is 0 Å². The summed E-state index contributed by atoms with van der Waals surface area (Å²) in [4.78, 5) is 0. The molecule has 0 saturated carbocycles. The Morgan fingerprint density at radius 2 is 2.17 bits per heavy atom. The summed E-state index contributed by atoms with van der Waals surface area (Å²) in [7, 11) is 0. The van der Waals surface area contributed by atoms with Gasteiger partial charge in [0.2, 0.25) is 0 Å². The average molecular weight is 244 g/mol. The van der Waals surface area contributed by atoms with Crippen molar-refractivity contribution in [3.63, 3.8) is 0 Å². The summed E-state index contributed by atoms with van der Waals surface area (Å²) >= 11 is 0. The van der Waals surface area contributed by atoms with E-state index in [4.69, 9.17) is 0 Å². The second-order valence-corrected chi connectivity index (χ2v) is 5.03. The zero-order chi connectivity index (χ0) is 13.6. The highest BCUT2D eigenvalue weighted by Crippen LogP contribution is 2.35. The molecule has 0 saturated heterocycles. The fourth-order valence-electron chi connectivity index (χ4n) is 2.25. The van der Waals surface area contributed by atoms with Crippen LogP contribution in [0.15, 0.2) is 61.3 Å². The van der Waals surface area contributed by atoms with Gasteiger partial charge in [0.15, 0.2) is 0 Å². The first-order chi connectivity index (χ1) is 8.54. The van der Waals surface area contributed by atoms with Crippen molar-refractivity contribution in [1.29, 1.82) is 0 Å². The molecule has 2 nitrogen and oxygen atoms in total. The van der Waals surface area contributed by atoms with Gasteiger partial charge in [0, 0.05) is 11.9 Å². The van der Waals surface area contributed by atoms with Crippen LogP contribution in [0.2, 0.25) is 0 Å². The minimum Gasteiger partial charge on any atom is -0.361 e. The molecule has 18 heavy (non-hydrogen) atoms. The fraction of sp³-hybridized carbons (Fsp3) is 0.375. The summed E-state index contributed by atoms with van der Waals surface area (Å²) in [6, 6.07) is 0. The maximum atomic E-state index is 3.98. The van der Waals surface area contributed by atoms with Gasteiger partial charge >= 0.3 is 0 Å². The summed E-state index contributed by atoms with van der Waals surface area (Å²) in [5.41, 5.74) is 3.35. The lowest BCUT2D eigenvalue weighted by Gasteiger charge is -2.29. The Kier molecular flexibility index (Phi) is 5.02. The van der Waals surface area contributed by atoms with Gasteiger partial charge in [-0.1, -0.05) is 39.5 Å². The van der Waals surface area contributed by atoms with Gasteiger partial charge < -0.3 is 10.6 Å². The molecule has 0 aromatic carbocycles. The van der Waals surface area contributed by atoms with Gasteiger partial charge in [0.1, 0.15) is 0 Å². The molecule has 0 fully saturated rings. The second-order valence-electron chi connectivity index (χ2n) is 5.03. The Labute approximate surface area is 111 Å². The van der Waals surface area contributed by atoms with Crippen LogP contribution < -0.4 is 10.6 Å². The van der Waals surface area contributed by atoms with Crippen LogP contribution in [0, 0.1) is 5.41 Å². The van der Waals surface area contributed by atoms with Gasteiger partial charge in [-0.15, -0.1) is 6.58 Å². The summed E-state index contributed by atoms with van der Waals surface area (Å²) in [5.74, 6) is 0. The molecular weight excluding hydrogens is 220 g/mol. The number of dihydropyridines is 1. The van der Waals surface area contributed by atoms with Crippen LogP contribution in [0.25, 0.3) is 0 Å². The first-order valence-electron chi connectivity index (χ1n) is 6.42. The molecule has 2 N–H and O–H groups in total. The van der Waals surface area contributed by atoms with Gasteiger partial charge in [0.05, 0.1) is 5.70 Å². The van der Waals surface area contributed by atoms with E-state index in [0.29, 0.717) is 0 Å². The predicted molar refractivity (Wildman–Crippen MR) is 79.6 cm³/mol. The highest BCUT2D eigenvalue weighted by Gasteiger charge is 2.23. The van der Waals surface area contributed by atoms with Crippen LogP contribution in [-0.2, 0) is 0 Å². The van der Waals surface area contributed by atoms with Crippen molar-refractivity contribution in [2.75, 3.05) is 0 Å². The van der Waals surface area contributed by atoms with Gasteiger partial charge in [0.25, 0.3) is 0 Å². The highest BCUT2D eigenvalue weighted by molar-refractivity contribution is 5.41. The van der Waals surface area contributed by atoms with Gasteiger partial charge in [-0.05, 0) is 36.1 Å². The van der Waals surface area contributed by atoms with E-state index >= 15 is 0 Å². The van der Waals surface area contributed by atoms with E-state index in [1.807, 2.05) is 6.20 Å². The Balaban J connectivity index is 2.90. The van der Waals surface area contributed by atoms with Crippen LogP contribution >= 0.6 is 0 Å². The van der Waals surface area contributed by atoms with E-state index in [-0.39, 0.29) is 5.41 Å². The molecular formula is C16H24N2. The Morgan fingerprint density at radius 1 is 1.44 bits per heavy atom. The quantitative estimate of drug-likeness (QED) is 0.662. The van der Waals surface area contributed by atoms with E-state index in [9.17, 15) is 0 Å². The number of hydrogen-bond acceptors (Lipinski definition) is 2. The Bertz CT molecular complexity index is 401. The van der Waals surface area contributed by atoms with Crippen LogP contribution in [0.1, 0.15) is 33.1 Å². The largest absolute Gasteiger partial charge is 0.361 e. The molecule has 0 amide bonds. The number of nitrogens with one attached hydrogen (secondary N) is 2. The molecule has 1 heterocycles. The minimum atomic E-state index is 0.125. The van der Waals surface area contributed by atoms with Crippen molar-refractivity contribution in [3.8, 4) is 0 Å². The van der Waals surface area contributed by atoms with E-state index in [0.717, 1.165) is 30.7 Å². The van der Waals surface area contributed by atoms with Crippen LogP contribution in [-0.4, -0.2) is 0 Å². The van der Waals surface area contributed by atoms with E-state index in [2.05, 4.69) is 56.4 Å². The predicted octanol–water partition coefficient (Wildman–Crippen LogP) is 3.99. The van der Waals surface area contributed by atoms with Gasteiger partial charge in [-0.25, -0.2) is 0 Å². The summed E-state index contributed by atoms with van der Waals surface area (Å²) < 4.78 is 0. The topological polar surface area (TPSA) is 24.1 Å². The van der Waals surface area contributed by atoms with Crippen molar-refractivity contribution >= 4 is 0 Å². The lowest BCUT2D eigenvalue weighted by atomic mass is 9.78. The molecule has 0 radical (unpaired) electrons. The van der Waals surface area contributed by atoms with Crippen LogP contribution in [0.5, 0.6) is 0 Å². The van der Waals surface area contributed by atoms with Crippen molar-refractivity contribution < 1.29 is 0 Å². The van der Waals surface area contributed by atoms with Crippen molar-refractivity contribution in [1.82, 2.24) is 10.6 Å². The standard InChI is InChI=1S/C16H24N2/c1-6-9-16(5,7-2)11-14-10-13(4)18-12-15(14)17-8-3/h7-8,10,12,17-18H,2-4,6,9,11H2,1,5H3. The summed E-state index contributed by atoms with van der Waals surface area (Å²) in [6.45, 7) is 16.1. The van der Waals surface area contributed by atoms with Crippen molar-refractivity contribution in [2.24, 2.45) is 5.41 Å². The SMILES string of the molecule is C=CNC1=CNC(=C)C=C1CC(C)(C=C)CCC. The monoisotopic (exact) mass is 244 g/mol. The fourth-order valence-corrected chi connectivity index (χ4v) is 2.25. The van der Waals surface area contributed by atoms with Crippen LogP contribution in [0.4, 0.5) is 0 Å². The first kappa shape index (κ1) is 14.4. The van der Waals surface area contributed by atoms with Crippen molar-refractivity contribution in [2.45, 2.75) is 33.1 Å². The summed E-state index contributed by atoms with van der Waals surface area (Å²) in [6.07, 6.45) is 11.0. The molecule has 1 aliphatic rings. The maximum Gasteiger partial charge on any atom is 0.0576 e. The molecule has 0 spiro atoms. The zero-order valence-corrected chi connectivity index (χ0v) is 11.6. The number of hydrogen-bond donors (Lipinski definition) is 2. The normalized spacial score (nSPS) is 18.0. The lowest BCUT2D eigenvalue weighted by Crippen LogP contribution is -2.22. The Hall–Kier alpha value is -1.70.